The van der Waals surface area contributed by atoms with E-state index in [2.05, 4.69) is 0 Å². The highest BCUT2D eigenvalue weighted by atomic mass is 19.4. The van der Waals surface area contributed by atoms with Crippen LogP contribution in [-0.2, 0) is 15.1 Å². The van der Waals surface area contributed by atoms with Gasteiger partial charge in [-0.25, -0.2) is 0 Å². The van der Waals surface area contributed by atoms with E-state index < -0.39 is 17.7 Å². The first-order valence-electron chi connectivity index (χ1n) is 7.29. The lowest BCUT2D eigenvalue weighted by Gasteiger charge is -2.40. The van der Waals surface area contributed by atoms with Crippen molar-refractivity contribution in [3.05, 3.63) is 35.9 Å². The molecule has 3 nitrogen and oxygen atoms in total. The van der Waals surface area contributed by atoms with Crippen LogP contribution < -0.4 is 0 Å². The summed E-state index contributed by atoms with van der Waals surface area (Å²) < 4.78 is 46.2. The summed E-state index contributed by atoms with van der Waals surface area (Å²) in [6.07, 6.45) is -3.21. The molecular weight excluding hydrogens is 295 g/mol. The minimum atomic E-state index is -4.83. The number of benzene rings is 1. The Hall–Kier alpha value is -1.56. The molecule has 1 saturated heterocycles. The van der Waals surface area contributed by atoms with Gasteiger partial charge in [-0.3, -0.25) is 4.79 Å². The number of nitrogens with zero attached hydrogens (tertiary/aromatic N) is 1. The van der Waals surface area contributed by atoms with Gasteiger partial charge in [0.1, 0.15) is 0 Å². The smallest absolute Gasteiger partial charge is 0.356 e. The summed E-state index contributed by atoms with van der Waals surface area (Å²) in [5.74, 6) is -0.837. The lowest BCUT2D eigenvalue weighted by Crippen LogP contribution is -2.58. The van der Waals surface area contributed by atoms with Gasteiger partial charge in [0, 0.05) is 25.8 Å². The molecule has 0 spiro atoms. The Kier molecular flexibility index (Phi) is 4.80. The van der Waals surface area contributed by atoms with Crippen LogP contribution in [0.25, 0.3) is 0 Å². The van der Waals surface area contributed by atoms with Crippen molar-refractivity contribution in [2.45, 2.75) is 31.5 Å². The molecule has 0 unspecified atom stereocenters. The lowest BCUT2D eigenvalue weighted by molar-refractivity contribution is -0.271. The number of methoxy groups -OCH3 is 1. The third-order valence-electron chi connectivity index (χ3n) is 4.13. The maximum atomic E-state index is 13.8. The monoisotopic (exact) mass is 315 g/mol. The molecule has 1 aliphatic rings. The predicted octanol–water partition coefficient (Wildman–Crippen LogP) is 3.35. The van der Waals surface area contributed by atoms with Gasteiger partial charge in [-0.1, -0.05) is 37.3 Å². The van der Waals surface area contributed by atoms with Crippen LogP contribution in [0.3, 0.4) is 0 Å². The van der Waals surface area contributed by atoms with Crippen LogP contribution in [0.2, 0.25) is 0 Å². The number of amides is 1. The van der Waals surface area contributed by atoms with Crippen molar-refractivity contribution >= 4 is 5.91 Å². The number of halogens is 3. The number of carbonyl (C=O) groups excluding carboxylic acids is 1. The first-order valence-corrected chi connectivity index (χ1v) is 7.29. The zero-order valence-electron chi connectivity index (χ0n) is 12.7. The van der Waals surface area contributed by atoms with Crippen LogP contribution in [0.5, 0.6) is 0 Å². The number of hydrogen-bond donors (Lipinski definition) is 0. The van der Waals surface area contributed by atoms with Crippen molar-refractivity contribution in [3.63, 3.8) is 0 Å². The average molecular weight is 315 g/mol. The third-order valence-corrected chi connectivity index (χ3v) is 4.13. The molecule has 0 N–H and O–H groups in total. The molecule has 0 aromatic heterocycles. The van der Waals surface area contributed by atoms with Gasteiger partial charge in [0.05, 0.1) is 0 Å². The second-order valence-corrected chi connectivity index (χ2v) is 5.75. The largest absolute Gasteiger partial charge is 0.430 e. The fourth-order valence-electron chi connectivity index (χ4n) is 3.00. The van der Waals surface area contributed by atoms with Crippen LogP contribution >= 0.6 is 0 Å². The molecule has 1 aromatic carbocycles. The maximum absolute atomic E-state index is 13.8. The summed E-state index contributed by atoms with van der Waals surface area (Å²) >= 11 is 0. The number of alkyl halides is 3. The van der Waals surface area contributed by atoms with Crippen molar-refractivity contribution < 1.29 is 22.7 Å². The molecule has 2 atom stereocenters. The number of ether oxygens (including phenoxy) is 1. The van der Waals surface area contributed by atoms with Crippen molar-refractivity contribution in [2.24, 2.45) is 5.92 Å². The summed E-state index contributed by atoms with van der Waals surface area (Å²) in [7, 11) is 0.936. The number of carbonyl (C=O) groups is 1. The Bertz CT molecular complexity index is 518. The van der Waals surface area contributed by atoms with E-state index in [9.17, 15) is 18.0 Å². The minimum Gasteiger partial charge on any atom is -0.356 e. The second kappa shape index (κ2) is 6.28. The Morgan fingerprint density at radius 2 is 1.91 bits per heavy atom. The normalized spacial score (nSPS) is 22.2. The van der Waals surface area contributed by atoms with E-state index in [4.69, 9.17) is 4.74 Å². The van der Waals surface area contributed by atoms with Gasteiger partial charge >= 0.3 is 6.18 Å². The lowest BCUT2D eigenvalue weighted by atomic mass is 9.89. The van der Waals surface area contributed by atoms with E-state index in [0.717, 1.165) is 13.5 Å². The molecule has 0 saturated carbocycles. The Balaban J connectivity index is 2.47. The van der Waals surface area contributed by atoms with E-state index in [0.29, 0.717) is 19.5 Å². The SMILES string of the molecule is CO[C@](C(=O)N1CCC[C@@H](C)C1)(c1ccccc1)C(F)(F)F. The van der Waals surface area contributed by atoms with E-state index in [1.165, 1.54) is 29.2 Å². The molecule has 22 heavy (non-hydrogen) atoms. The summed E-state index contributed by atoms with van der Waals surface area (Å²) in [6.45, 7) is 2.59. The van der Waals surface area contributed by atoms with E-state index >= 15 is 0 Å². The maximum Gasteiger partial charge on any atom is 0.430 e. The number of likely N-dealkylation sites (tertiary alicyclic amines) is 1. The molecular formula is C16H20F3NO2. The molecule has 0 radical (unpaired) electrons. The Morgan fingerprint density at radius 3 is 2.41 bits per heavy atom. The van der Waals surface area contributed by atoms with Crippen LogP contribution in [0.15, 0.2) is 30.3 Å². The van der Waals surface area contributed by atoms with Gasteiger partial charge in [0.2, 0.25) is 0 Å². The predicted molar refractivity (Wildman–Crippen MR) is 76.2 cm³/mol. The first kappa shape index (κ1) is 16.8. The third kappa shape index (κ3) is 2.84. The molecule has 2 rings (SSSR count). The molecule has 6 heteroatoms. The molecule has 0 bridgehead atoms. The van der Waals surface area contributed by atoms with Crippen molar-refractivity contribution in [3.8, 4) is 0 Å². The molecule has 1 aliphatic heterocycles. The molecule has 1 amide bonds. The zero-order valence-corrected chi connectivity index (χ0v) is 12.7. The molecule has 1 heterocycles. The molecule has 0 aliphatic carbocycles. The van der Waals surface area contributed by atoms with Gasteiger partial charge in [-0.15, -0.1) is 0 Å². The standard InChI is InChI=1S/C16H20F3NO2/c1-12-7-6-10-20(11-12)14(21)15(22-2,16(17,18)19)13-8-4-3-5-9-13/h3-5,8-9,12H,6-7,10-11H2,1-2H3/t12-,15+/m1/s1. The molecule has 1 aromatic rings. The summed E-state index contributed by atoms with van der Waals surface area (Å²) in [5.41, 5.74) is -3.13. The van der Waals surface area contributed by atoms with E-state index in [1.54, 1.807) is 6.07 Å². The fourth-order valence-corrected chi connectivity index (χ4v) is 3.00. The van der Waals surface area contributed by atoms with Gasteiger partial charge in [0.25, 0.3) is 11.5 Å². The van der Waals surface area contributed by atoms with Crippen molar-refractivity contribution in [2.75, 3.05) is 20.2 Å². The Morgan fingerprint density at radius 1 is 1.27 bits per heavy atom. The van der Waals surface area contributed by atoms with Crippen LogP contribution in [-0.4, -0.2) is 37.2 Å². The van der Waals surface area contributed by atoms with Crippen LogP contribution in [0.1, 0.15) is 25.3 Å². The number of hydrogen-bond acceptors (Lipinski definition) is 2. The first-order chi connectivity index (χ1) is 10.3. The Labute approximate surface area is 128 Å². The highest BCUT2D eigenvalue weighted by Crippen LogP contribution is 2.43. The highest BCUT2D eigenvalue weighted by molar-refractivity contribution is 5.88. The zero-order chi connectivity index (χ0) is 16.4. The average Bonchev–Trinajstić information content (AvgIpc) is 2.48. The van der Waals surface area contributed by atoms with E-state index in [1.807, 2.05) is 6.92 Å². The summed E-state index contributed by atoms with van der Waals surface area (Å²) in [6, 6.07) is 7.11. The van der Waals surface area contributed by atoms with E-state index in [-0.39, 0.29) is 11.5 Å². The molecule has 122 valence electrons. The number of piperidine rings is 1. The highest BCUT2D eigenvalue weighted by Gasteiger charge is 2.63. The summed E-state index contributed by atoms with van der Waals surface area (Å²) in [5, 5.41) is 0. The van der Waals surface area contributed by atoms with Gasteiger partial charge in [0.15, 0.2) is 0 Å². The minimum absolute atomic E-state index is 0.187. The summed E-state index contributed by atoms with van der Waals surface area (Å²) in [4.78, 5) is 14.0. The van der Waals surface area contributed by atoms with Crippen molar-refractivity contribution in [1.29, 1.82) is 0 Å². The van der Waals surface area contributed by atoms with Crippen LogP contribution in [0, 0.1) is 5.92 Å². The van der Waals surface area contributed by atoms with Gasteiger partial charge in [-0.05, 0) is 18.8 Å². The van der Waals surface area contributed by atoms with Gasteiger partial charge < -0.3 is 9.64 Å². The number of rotatable bonds is 3. The van der Waals surface area contributed by atoms with Crippen molar-refractivity contribution in [1.82, 2.24) is 4.90 Å². The molecule has 1 fully saturated rings. The van der Waals surface area contributed by atoms with Crippen LogP contribution in [0.4, 0.5) is 13.2 Å². The quantitative estimate of drug-likeness (QED) is 0.856. The topological polar surface area (TPSA) is 29.5 Å². The fraction of sp³-hybridized carbons (Fsp3) is 0.562. The van der Waals surface area contributed by atoms with Gasteiger partial charge in [-0.2, -0.15) is 13.2 Å². The second-order valence-electron chi connectivity index (χ2n) is 5.75.